The Morgan fingerprint density at radius 1 is 1.05 bits per heavy atom. The minimum absolute atomic E-state index is 0.151. The maximum absolute atomic E-state index is 10.9. The summed E-state index contributed by atoms with van der Waals surface area (Å²) < 4.78 is 5.53. The number of hydrogen-bond acceptors (Lipinski definition) is 3. The van der Waals surface area contributed by atoms with Gasteiger partial charge in [0, 0.05) is 17.0 Å². The van der Waals surface area contributed by atoms with Crippen LogP contribution in [0, 0.1) is 0 Å². The van der Waals surface area contributed by atoms with E-state index in [-0.39, 0.29) is 6.61 Å². The number of primary amides is 1. The lowest BCUT2D eigenvalue weighted by Crippen LogP contribution is -2.20. The molecule has 0 atom stereocenters. The van der Waals surface area contributed by atoms with Gasteiger partial charge in [-0.05, 0) is 12.1 Å². The van der Waals surface area contributed by atoms with Gasteiger partial charge in [0.2, 0.25) is 0 Å². The van der Waals surface area contributed by atoms with Crippen LogP contribution in [0.4, 0.5) is 0 Å². The number of carbonyl (C=O) groups is 1. The fourth-order valence-corrected chi connectivity index (χ4v) is 2.17. The molecule has 1 amide bonds. The van der Waals surface area contributed by atoms with Crippen LogP contribution in [-0.4, -0.2) is 17.5 Å². The summed E-state index contributed by atoms with van der Waals surface area (Å²) in [6, 6.07) is 19.3. The van der Waals surface area contributed by atoms with Gasteiger partial charge in [0.1, 0.15) is 5.75 Å². The van der Waals surface area contributed by atoms with Crippen LogP contribution in [-0.2, 0) is 4.79 Å². The average Bonchev–Trinajstić information content (AvgIpc) is 2.53. The lowest BCUT2D eigenvalue weighted by molar-refractivity contribution is -0.119. The van der Waals surface area contributed by atoms with E-state index in [0.29, 0.717) is 5.75 Å². The third kappa shape index (κ3) is 2.84. The number of rotatable bonds is 4. The smallest absolute Gasteiger partial charge is 0.255 e. The first-order valence-corrected chi connectivity index (χ1v) is 6.60. The first kappa shape index (κ1) is 13.1. The quantitative estimate of drug-likeness (QED) is 0.798. The van der Waals surface area contributed by atoms with Crippen molar-refractivity contribution in [3.63, 3.8) is 0 Å². The largest absolute Gasteiger partial charge is 0.483 e. The van der Waals surface area contributed by atoms with Crippen molar-refractivity contribution in [2.45, 2.75) is 0 Å². The fraction of sp³-hybridized carbons (Fsp3) is 0.0588. The molecule has 0 saturated heterocycles. The summed E-state index contributed by atoms with van der Waals surface area (Å²) in [5.41, 5.74) is 7.76. The highest BCUT2D eigenvalue weighted by molar-refractivity contribution is 5.88. The van der Waals surface area contributed by atoms with Crippen molar-refractivity contribution in [2.75, 3.05) is 6.61 Å². The monoisotopic (exact) mass is 278 g/mol. The highest BCUT2D eigenvalue weighted by Crippen LogP contribution is 2.29. The number of nitrogens with zero attached hydrogens (tertiary/aromatic N) is 1. The number of para-hydroxylation sites is 1. The maximum Gasteiger partial charge on any atom is 0.255 e. The van der Waals surface area contributed by atoms with Crippen LogP contribution in [0.5, 0.6) is 5.75 Å². The van der Waals surface area contributed by atoms with Crippen LogP contribution in [0.25, 0.3) is 22.2 Å². The SMILES string of the molecule is NC(=O)COc1cc(-c2ccccc2)nc2ccccc12. The van der Waals surface area contributed by atoms with Crippen LogP contribution in [0.3, 0.4) is 0 Å². The molecule has 0 aliphatic heterocycles. The minimum atomic E-state index is -0.503. The molecule has 4 nitrogen and oxygen atoms in total. The number of fused-ring (bicyclic) bond motifs is 1. The Morgan fingerprint density at radius 2 is 1.76 bits per heavy atom. The molecule has 4 heteroatoms. The molecule has 0 aliphatic rings. The molecule has 0 radical (unpaired) electrons. The highest BCUT2D eigenvalue weighted by Gasteiger charge is 2.09. The van der Waals surface area contributed by atoms with Crippen molar-refractivity contribution in [3.05, 3.63) is 60.7 Å². The summed E-state index contributed by atoms with van der Waals surface area (Å²) in [5, 5.41) is 0.860. The molecule has 0 fully saturated rings. The second-order valence-corrected chi connectivity index (χ2v) is 4.64. The number of carbonyl (C=O) groups excluding carboxylic acids is 1. The Bertz CT molecular complexity index is 785. The van der Waals surface area contributed by atoms with Crippen LogP contribution in [0.2, 0.25) is 0 Å². The van der Waals surface area contributed by atoms with Gasteiger partial charge < -0.3 is 10.5 Å². The van der Waals surface area contributed by atoms with Crippen LogP contribution < -0.4 is 10.5 Å². The van der Waals surface area contributed by atoms with Gasteiger partial charge in [0.05, 0.1) is 11.2 Å². The number of pyridine rings is 1. The molecule has 3 rings (SSSR count). The molecule has 104 valence electrons. The van der Waals surface area contributed by atoms with E-state index in [1.54, 1.807) is 0 Å². The lowest BCUT2D eigenvalue weighted by Gasteiger charge is -2.10. The molecule has 0 unspecified atom stereocenters. The molecule has 0 aliphatic carbocycles. The third-order valence-corrected chi connectivity index (χ3v) is 3.12. The minimum Gasteiger partial charge on any atom is -0.483 e. The Morgan fingerprint density at radius 3 is 2.52 bits per heavy atom. The van der Waals surface area contributed by atoms with Gasteiger partial charge in [-0.3, -0.25) is 4.79 Å². The van der Waals surface area contributed by atoms with E-state index < -0.39 is 5.91 Å². The number of hydrogen-bond donors (Lipinski definition) is 1. The predicted molar refractivity (Wildman–Crippen MR) is 81.9 cm³/mol. The van der Waals surface area contributed by atoms with E-state index in [1.807, 2.05) is 60.7 Å². The molecule has 0 bridgehead atoms. The fourth-order valence-electron chi connectivity index (χ4n) is 2.17. The topological polar surface area (TPSA) is 65.2 Å². The van der Waals surface area contributed by atoms with Gasteiger partial charge in [-0.15, -0.1) is 0 Å². The number of ether oxygens (including phenoxy) is 1. The molecule has 0 saturated carbocycles. The number of amides is 1. The maximum atomic E-state index is 10.9. The molecule has 21 heavy (non-hydrogen) atoms. The van der Waals surface area contributed by atoms with E-state index in [1.165, 1.54) is 0 Å². The van der Waals surface area contributed by atoms with Gasteiger partial charge in [-0.1, -0.05) is 42.5 Å². The van der Waals surface area contributed by atoms with Gasteiger partial charge in [0.15, 0.2) is 6.61 Å². The Kier molecular flexibility index (Phi) is 3.51. The first-order valence-electron chi connectivity index (χ1n) is 6.60. The molecular weight excluding hydrogens is 264 g/mol. The molecule has 1 aromatic heterocycles. The van der Waals surface area contributed by atoms with Gasteiger partial charge in [0.25, 0.3) is 5.91 Å². The van der Waals surface area contributed by atoms with E-state index in [0.717, 1.165) is 22.2 Å². The van der Waals surface area contributed by atoms with Crippen molar-refractivity contribution in [3.8, 4) is 17.0 Å². The Hall–Kier alpha value is -2.88. The zero-order valence-electron chi connectivity index (χ0n) is 11.3. The second kappa shape index (κ2) is 5.63. The van der Waals surface area contributed by atoms with Crippen LogP contribution >= 0.6 is 0 Å². The van der Waals surface area contributed by atoms with Crippen molar-refractivity contribution in [1.82, 2.24) is 4.98 Å². The van der Waals surface area contributed by atoms with Crippen LogP contribution in [0.15, 0.2) is 60.7 Å². The van der Waals surface area contributed by atoms with Crippen molar-refractivity contribution in [2.24, 2.45) is 5.73 Å². The number of nitrogens with two attached hydrogens (primary N) is 1. The zero-order valence-corrected chi connectivity index (χ0v) is 11.3. The van der Waals surface area contributed by atoms with Crippen molar-refractivity contribution < 1.29 is 9.53 Å². The van der Waals surface area contributed by atoms with Crippen molar-refractivity contribution in [1.29, 1.82) is 0 Å². The summed E-state index contributed by atoms with van der Waals surface area (Å²) in [7, 11) is 0. The zero-order chi connectivity index (χ0) is 14.7. The predicted octanol–water partition coefficient (Wildman–Crippen LogP) is 2.77. The number of aromatic nitrogens is 1. The second-order valence-electron chi connectivity index (χ2n) is 4.64. The summed E-state index contributed by atoms with van der Waals surface area (Å²) >= 11 is 0. The Balaban J connectivity index is 2.12. The molecule has 1 heterocycles. The summed E-state index contributed by atoms with van der Waals surface area (Å²) in [5.74, 6) is 0.107. The standard InChI is InChI=1S/C17H14N2O2/c18-17(20)11-21-16-10-15(12-6-2-1-3-7-12)19-14-9-5-4-8-13(14)16/h1-10H,11H2,(H2,18,20). The molecule has 2 aromatic carbocycles. The lowest BCUT2D eigenvalue weighted by atomic mass is 10.1. The average molecular weight is 278 g/mol. The van der Waals surface area contributed by atoms with E-state index in [9.17, 15) is 4.79 Å². The highest BCUT2D eigenvalue weighted by atomic mass is 16.5. The van der Waals surface area contributed by atoms with Gasteiger partial charge in [-0.25, -0.2) is 4.98 Å². The van der Waals surface area contributed by atoms with Crippen molar-refractivity contribution >= 4 is 16.8 Å². The summed E-state index contributed by atoms with van der Waals surface area (Å²) in [4.78, 5) is 15.6. The van der Waals surface area contributed by atoms with Crippen LogP contribution in [0.1, 0.15) is 0 Å². The normalized spacial score (nSPS) is 10.5. The molecule has 0 spiro atoms. The first-order chi connectivity index (χ1) is 10.2. The summed E-state index contributed by atoms with van der Waals surface area (Å²) in [6.07, 6.45) is 0. The van der Waals surface area contributed by atoms with E-state index >= 15 is 0 Å². The van der Waals surface area contributed by atoms with E-state index in [4.69, 9.17) is 10.5 Å². The Labute approximate surface area is 122 Å². The van der Waals surface area contributed by atoms with Gasteiger partial charge in [-0.2, -0.15) is 0 Å². The molecular formula is C17H14N2O2. The number of benzene rings is 2. The molecule has 2 N–H and O–H groups in total. The molecule has 3 aromatic rings. The summed E-state index contributed by atoms with van der Waals surface area (Å²) in [6.45, 7) is -0.151. The third-order valence-electron chi connectivity index (χ3n) is 3.12. The van der Waals surface area contributed by atoms with E-state index in [2.05, 4.69) is 4.98 Å². The van der Waals surface area contributed by atoms with Gasteiger partial charge >= 0.3 is 0 Å².